The van der Waals surface area contributed by atoms with Crippen molar-refractivity contribution in [3.63, 3.8) is 0 Å². The number of rotatable bonds is 4. The number of pyridine rings is 1. The summed E-state index contributed by atoms with van der Waals surface area (Å²) in [5.74, 6) is 2.39. The van der Waals surface area contributed by atoms with Gasteiger partial charge in [0.05, 0.1) is 5.60 Å². The lowest BCUT2D eigenvalue weighted by atomic mass is 9.89. The molecule has 1 unspecified atom stereocenters. The number of ether oxygens (including phenoxy) is 1. The van der Waals surface area contributed by atoms with Gasteiger partial charge in [0.2, 0.25) is 0 Å². The molecule has 1 spiro atoms. The summed E-state index contributed by atoms with van der Waals surface area (Å²) in [6.07, 6.45) is 8.84. The lowest BCUT2D eigenvalue weighted by molar-refractivity contribution is -0.0767. The molecule has 0 radical (unpaired) electrons. The van der Waals surface area contributed by atoms with Gasteiger partial charge in [0.1, 0.15) is 5.82 Å². The minimum Gasteiger partial charge on any atom is -0.375 e. The zero-order valence-electron chi connectivity index (χ0n) is 15.0. The van der Waals surface area contributed by atoms with Gasteiger partial charge in [-0.1, -0.05) is 31.8 Å². The molecule has 1 aliphatic heterocycles. The van der Waals surface area contributed by atoms with Crippen molar-refractivity contribution < 1.29 is 9.26 Å². The fraction of sp³-hybridized carbons (Fsp3) is 0.632. The van der Waals surface area contributed by atoms with Gasteiger partial charge in [-0.3, -0.25) is 0 Å². The van der Waals surface area contributed by atoms with Crippen LogP contribution < -0.4 is 5.32 Å². The highest BCUT2D eigenvalue weighted by Crippen LogP contribution is 2.40. The maximum atomic E-state index is 6.12. The molecule has 6 heteroatoms. The van der Waals surface area contributed by atoms with Crippen molar-refractivity contribution in [2.75, 3.05) is 11.9 Å². The number of anilines is 1. The summed E-state index contributed by atoms with van der Waals surface area (Å²) < 4.78 is 11.5. The van der Waals surface area contributed by atoms with Crippen LogP contribution in [0.15, 0.2) is 22.9 Å². The van der Waals surface area contributed by atoms with Gasteiger partial charge in [0.25, 0.3) is 5.89 Å². The first-order valence-electron chi connectivity index (χ1n) is 9.34. The Labute approximate surface area is 148 Å². The highest BCUT2D eigenvalue weighted by atomic mass is 16.5. The molecule has 0 bridgehead atoms. The molecule has 1 aliphatic carbocycles. The normalized spacial score (nSPS) is 22.6. The summed E-state index contributed by atoms with van der Waals surface area (Å²) in [7, 11) is 0. The van der Waals surface area contributed by atoms with Gasteiger partial charge in [-0.15, -0.1) is 0 Å². The van der Waals surface area contributed by atoms with E-state index in [9.17, 15) is 0 Å². The predicted octanol–water partition coefficient (Wildman–Crippen LogP) is 4.16. The first-order chi connectivity index (χ1) is 12.1. The second-order valence-electron chi connectivity index (χ2n) is 7.61. The monoisotopic (exact) mass is 342 g/mol. The molecule has 134 valence electrons. The molecule has 0 amide bonds. The molecule has 2 aromatic heterocycles. The van der Waals surface area contributed by atoms with E-state index in [0.29, 0.717) is 11.9 Å². The van der Waals surface area contributed by atoms with Crippen LogP contribution in [0.2, 0.25) is 0 Å². The maximum absolute atomic E-state index is 6.12. The largest absolute Gasteiger partial charge is 0.375 e. The molecule has 1 atom stereocenters. The quantitative estimate of drug-likeness (QED) is 0.899. The Morgan fingerprint density at radius 2 is 2.12 bits per heavy atom. The van der Waals surface area contributed by atoms with Crippen LogP contribution in [0, 0.1) is 0 Å². The van der Waals surface area contributed by atoms with Gasteiger partial charge in [0, 0.05) is 30.3 Å². The van der Waals surface area contributed by atoms with E-state index in [1.807, 2.05) is 12.1 Å². The summed E-state index contributed by atoms with van der Waals surface area (Å²) in [6.45, 7) is 4.94. The van der Waals surface area contributed by atoms with E-state index in [-0.39, 0.29) is 11.5 Å². The summed E-state index contributed by atoms with van der Waals surface area (Å²) in [5.41, 5.74) is 1.01. The van der Waals surface area contributed by atoms with E-state index in [1.54, 1.807) is 6.20 Å². The van der Waals surface area contributed by atoms with Crippen molar-refractivity contribution in [3.8, 4) is 11.5 Å². The topological polar surface area (TPSA) is 73.1 Å². The van der Waals surface area contributed by atoms with Gasteiger partial charge < -0.3 is 14.6 Å². The molecule has 2 aliphatic rings. The fourth-order valence-corrected chi connectivity index (χ4v) is 3.96. The number of hydrogen-bond donors (Lipinski definition) is 1. The summed E-state index contributed by atoms with van der Waals surface area (Å²) in [5, 5.41) is 7.63. The molecule has 2 fully saturated rings. The van der Waals surface area contributed by atoms with Gasteiger partial charge in [-0.2, -0.15) is 4.98 Å². The smallest absolute Gasteiger partial charge is 0.258 e. The third-order valence-corrected chi connectivity index (χ3v) is 5.32. The van der Waals surface area contributed by atoms with E-state index < -0.39 is 0 Å². The molecular weight excluding hydrogens is 316 g/mol. The van der Waals surface area contributed by atoms with E-state index >= 15 is 0 Å². The molecule has 0 aromatic carbocycles. The summed E-state index contributed by atoms with van der Waals surface area (Å²) >= 11 is 0. The van der Waals surface area contributed by atoms with Crippen LogP contribution in [0.5, 0.6) is 0 Å². The second kappa shape index (κ2) is 6.75. The highest BCUT2D eigenvalue weighted by molar-refractivity contribution is 5.58. The van der Waals surface area contributed by atoms with Crippen LogP contribution in [0.25, 0.3) is 11.5 Å². The summed E-state index contributed by atoms with van der Waals surface area (Å²) in [6, 6.07) is 4.31. The standard InChI is InChI=1S/C19H26N4O2/c1-13(2)17-22-18(25-23-17)14-5-9-20-16(11-14)21-15-6-10-24-19(12-15)7-3-4-8-19/h5,9,11,13,15H,3-4,6-8,10,12H2,1-2H3,(H,20,21). The second-order valence-corrected chi connectivity index (χ2v) is 7.61. The molecule has 25 heavy (non-hydrogen) atoms. The van der Waals surface area contributed by atoms with Crippen LogP contribution in [0.4, 0.5) is 5.82 Å². The molecule has 1 saturated heterocycles. The van der Waals surface area contributed by atoms with E-state index in [1.165, 1.54) is 25.7 Å². The van der Waals surface area contributed by atoms with Crippen molar-refractivity contribution in [2.45, 2.75) is 69.9 Å². The van der Waals surface area contributed by atoms with Crippen molar-refractivity contribution in [1.29, 1.82) is 0 Å². The summed E-state index contributed by atoms with van der Waals surface area (Å²) in [4.78, 5) is 8.95. The first kappa shape index (κ1) is 16.5. The maximum Gasteiger partial charge on any atom is 0.258 e. The molecule has 4 rings (SSSR count). The highest BCUT2D eigenvalue weighted by Gasteiger charge is 2.39. The Balaban J connectivity index is 1.47. The molecular formula is C19H26N4O2. The molecule has 2 aromatic rings. The van der Waals surface area contributed by atoms with Crippen LogP contribution in [0.3, 0.4) is 0 Å². The van der Waals surface area contributed by atoms with Crippen molar-refractivity contribution in [3.05, 3.63) is 24.2 Å². The zero-order valence-corrected chi connectivity index (χ0v) is 15.0. The van der Waals surface area contributed by atoms with Crippen molar-refractivity contribution >= 4 is 5.82 Å². The Hall–Kier alpha value is -1.95. The lowest BCUT2D eigenvalue weighted by Gasteiger charge is -2.38. The third-order valence-electron chi connectivity index (χ3n) is 5.32. The van der Waals surface area contributed by atoms with E-state index in [0.717, 1.165) is 36.7 Å². The Kier molecular flexibility index (Phi) is 4.46. The third kappa shape index (κ3) is 3.54. The van der Waals surface area contributed by atoms with Gasteiger partial charge in [0.15, 0.2) is 5.82 Å². The van der Waals surface area contributed by atoms with E-state index in [4.69, 9.17) is 9.26 Å². The molecule has 1 N–H and O–H groups in total. The van der Waals surface area contributed by atoms with Crippen LogP contribution in [0.1, 0.15) is 64.1 Å². The minimum absolute atomic E-state index is 0.103. The Morgan fingerprint density at radius 3 is 2.88 bits per heavy atom. The average molecular weight is 342 g/mol. The molecule has 1 saturated carbocycles. The lowest BCUT2D eigenvalue weighted by Crippen LogP contribution is -2.42. The molecule has 6 nitrogen and oxygen atoms in total. The minimum atomic E-state index is 0.103. The number of hydrogen-bond acceptors (Lipinski definition) is 6. The van der Waals surface area contributed by atoms with Crippen molar-refractivity contribution in [1.82, 2.24) is 15.1 Å². The first-order valence-corrected chi connectivity index (χ1v) is 9.34. The zero-order chi connectivity index (χ0) is 17.3. The number of nitrogens with one attached hydrogen (secondary N) is 1. The van der Waals surface area contributed by atoms with Gasteiger partial charge in [-0.05, 0) is 37.8 Å². The van der Waals surface area contributed by atoms with Crippen LogP contribution in [-0.4, -0.2) is 33.4 Å². The predicted molar refractivity (Wildman–Crippen MR) is 95.4 cm³/mol. The SMILES string of the molecule is CC(C)c1noc(-c2ccnc(NC3CCOC4(CCCC4)C3)c2)n1. The Bertz CT molecular complexity index is 722. The number of nitrogens with zero attached hydrogens (tertiary/aromatic N) is 3. The molecule has 3 heterocycles. The van der Waals surface area contributed by atoms with E-state index in [2.05, 4.69) is 34.3 Å². The van der Waals surface area contributed by atoms with Crippen LogP contribution in [-0.2, 0) is 4.74 Å². The van der Waals surface area contributed by atoms with Gasteiger partial charge >= 0.3 is 0 Å². The number of aromatic nitrogens is 3. The Morgan fingerprint density at radius 1 is 1.28 bits per heavy atom. The fourth-order valence-electron chi connectivity index (χ4n) is 3.96. The van der Waals surface area contributed by atoms with Crippen molar-refractivity contribution in [2.24, 2.45) is 0 Å². The van der Waals surface area contributed by atoms with Crippen LogP contribution >= 0.6 is 0 Å². The average Bonchev–Trinajstić information content (AvgIpc) is 3.25. The van der Waals surface area contributed by atoms with Gasteiger partial charge in [-0.25, -0.2) is 4.98 Å².